The van der Waals surface area contributed by atoms with Crippen LogP contribution in [0.2, 0.25) is 0 Å². The summed E-state index contributed by atoms with van der Waals surface area (Å²) >= 11 is 0. The molecule has 0 atom stereocenters. The van der Waals surface area contributed by atoms with E-state index in [4.69, 9.17) is 0 Å². The number of anilines is 1. The van der Waals surface area contributed by atoms with Gasteiger partial charge in [-0.3, -0.25) is 14.3 Å². The van der Waals surface area contributed by atoms with Gasteiger partial charge in [0.05, 0.1) is 5.56 Å². The van der Waals surface area contributed by atoms with Crippen molar-refractivity contribution in [2.24, 2.45) is 7.05 Å². The Morgan fingerprint density at radius 3 is 2.47 bits per heavy atom. The molecule has 1 aliphatic rings. The molecule has 0 aromatic carbocycles. The van der Waals surface area contributed by atoms with E-state index in [1.54, 1.807) is 0 Å². The first-order valence-electron chi connectivity index (χ1n) is 6.71. The molecule has 0 aliphatic carbocycles. The fourth-order valence-electron chi connectivity index (χ4n) is 2.36. The van der Waals surface area contributed by atoms with Gasteiger partial charge in [-0.15, -0.1) is 0 Å². The lowest BCUT2D eigenvalue weighted by Crippen LogP contribution is -2.38. The highest BCUT2D eigenvalue weighted by molar-refractivity contribution is 5.47. The Morgan fingerprint density at radius 1 is 1.26 bits per heavy atom. The van der Waals surface area contributed by atoms with Crippen molar-refractivity contribution in [1.82, 2.24) is 9.55 Å². The van der Waals surface area contributed by atoms with Gasteiger partial charge in [-0.1, -0.05) is 11.6 Å². The average Bonchev–Trinajstić information content (AvgIpc) is 2.88. The number of H-pyrrole nitrogens is 1. The average molecular weight is 263 g/mol. The van der Waals surface area contributed by atoms with Crippen molar-refractivity contribution >= 4 is 5.82 Å². The van der Waals surface area contributed by atoms with Crippen molar-refractivity contribution in [1.29, 1.82) is 0 Å². The van der Waals surface area contributed by atoms with Crippen LogP contribution in [-0.4, -0.2) is 22.6 Å². The Balaban J connectivity index is 2.53. The molecule has 2 heterocycles. The van der Waals surface area contributed by atoms with E-state index in [2.05, 4.69) is 9.88 Å². The van der Waals surface area contributed by atoms with E-state index in [9.17, 15) is 9.59 Å². The van der Waals surface area contributed by atoms with Crippen molar-refractivity contribution in [3.05, 3.63) is 38.1 Å². The second-order valence-corrected chi connectivity index (χ2v) is 5.30. The Kier molecular flexibility index (Phi) is 3.93. The molecule has 104 valence electrons. The smallest absolute Gasteiger partial charge is 0.329 e. The van der Waals surface area contributed by atoms with Crippen LogP contribution in [-0.2, 0) is 13.5 Å². The van der Waals surface area contributed by atoms with E-state index in [0.717, 1.165) is 30.5 Å². The van der Waals surface area contributed by atoms with Gasteiger partial charge in [0.1, 0.15) is 5.82 Å². The molecule has 1 aromatic rings. The molecule has 0 amide bonds. The molecule has 0 saturated carbocycles. The van der Waals surface area contributed by atoms with Gasteiger partial charge in [0.2, 0.25) is 0 Å². The highest BCUT2D eigenvalue weighted by atomic mass is 16.2. The standard InChI is InChI=1S/C14H21N3O2/c1-10(2)6-7-11-12(17-8-4-5-9-17)15-14(19)16(3)13(11)18/h6H,4-5,7-9H2,1-3H3,(H,15,19). The number of nitrogens with zero attached hydrogens (tertiary/aromatic N) is 2. The minimum absolute atomic E-state index is 0.192. The lowest BCUT2D eigenvalue weighted by atomic mass is 10.1. The molecular weight excluding hydrogens is 242 g/mol. The minimum atomic E-state index is -0.340. The summed E-state index contributed by atoms with van der Waals surface area (Å²) in [5.41, 5.74) is 1.32. The van der Waals surface area contributed by atoms with E-state index in [-0.39, 0.29) is 11.2 Å². The molecule has 2 rings (SSSR count). The Morgan fingerprint density at radius 2 is 1.89 bits per heavy atom. The van der Waals surface area contributed by atoms with E-state index in [1.807, 2.05) is 19.9 Å². The topological polar surface area (TPSA) is 58.1 Å². The maximum Gasteiger partial charge on any atom is 0.329 e. The predicted molar refractivity (Wildman–Crippen MR) is 76.9 cm³/mol. The van der Waals surface area contributed by atoms with E-state index < -0.39 is 0 Å². The van der Waals surface area contributed by atoms with Crippen LogP contribution in [0.15, 0.2) is 21.2 Å². The van der Waals surface area contributed by atoms with Crippen molar-refractivity contribution < 1.29 is 0 Å². The maximum absolute atomic E-state index is 12.3. The van der Waals surface area contributed by atoms with E-state index in [1.165, 1.54) is 12.6 Å². The highest BCUT2D eigenvalue weighted by Gasteiger charge is 2.19. The number of hydrogen-bond acceptors (Lipinski definition) is 3. The van der Waals surface area contributed by atoms with Gasteiger partial charge in [0.25, 0.3) is 5.56 Å². The van der Waals surface area contributed by atoms with E-state index >= 15 is 0 Å². The third kappa shape index (κ3) is 2.80. The summed E-state index contributed by atoms with van der Waals surface area (Å²) in [7, 11) is 1.51. The van der Waals surface area contributed by atoms with Gasteiger partial charge < -0.3 is 4.90 Å². The molecule has 5 heteroatoms. The molecule has 1 aromatic heterocycles. The molecule has 5 nitrogen and oxygen atoms in total. The van der Waals surface area contributed by atoms with Gasteiger partial charge in [-0.25, -0.2) is 4.79 Å². The van der Waals surface area contributed by atoms with Crippen molar-refractivity contribution in [3.63, 3.8) is 0 Å². The Labute approximate surface area is 112 Å². The number of rotatable bonds is 3. The van der Waals surface area contributed by atoms with Crippen LogP contribution in [0.4, 0.5) is 5.82 Å². The summed E-state index contributed by atoms with van der Waals surface area (Å²) < 4.78 is 1.15. The summed E-state index contributed by atoms with van der Waals surface area (Å²) in [5.74, 6) is 0.711. The number of nitrogens with one attached hydrogen (secondary N) is 1. The van der Waals surface area contributed by atoms with Gasteiger partial charge in [-0.2, -0.15) is 0 Å². The summed E-state index contributed by atoms with van der Waals surface area (Å²) in [4.78, 5) is 29.0. The SMILES string of the molecule is CC(C)=CCc1c(N2CCCC2)[nH]c(=O)n(C)c1=O. The summed E-state index contributed by atoms with van der Waals surface area (Å²) in [5, 5.41) is 0. The molecule has 0 bridgehead atoms. The van der Waals surface area contributed by atoms with Crippen LogP contribution >= 0.6 is 0 Å². The second-order valence-electron chi connectivity index (χ2n) is 5.30. The second kappa shape index (κ2) is 5.47. The molecule has 1 fully saturated rings. The Bertz CT molecular complexity index is 600. The first-order valence-corrected chi connectivity index (χ1v) is 6.71. The molecule has 1 saturated heterocycles. The van der Waals surface area contributed by atoms with E-state index in [0.29, 0.717) is 17.8 Å². The number of aromatic amines is 1. The van der Waals surface area contributed by atoms with Crippen molar-refractivity contribution in [2.45, 2.75) is 33.1 Å². The normalized spacial score (nSPS) is 14.8. The van der Waals surface area contributed by atoms with Gasteiger partial charge in [-0.05, 0) is 33.1 Å². The predicted octanol–water partition coefficient (Wildman–Crippen LogP) is 1.18. The molecule has 1 aliphatic heterocycles. The van der Waals surface area contributed by atoms with Crippen molar-refractivity contribution in [3.8, 4) is 0 Å². The summed E-state index contributed by atoms with van der Waals surface area (Å²) in [6.07, 6.45) is 4.81. The first-order chi connectivity index (χ1) is 9.00. The fraction of sp³-hybridized carbons (Fsp3) is 0.571. The minimum Gasteiger partial charge on any atom is -0.358 e. The third-order valence-corrected chi connectivity index (χ3v) is 3.52. The van der Waals surface area contributed by atoms with Crippen LogP contribution in [0.25, 0.3) is 0 Å². The summed E-state index contributed by atoms with van der Waals surface area (Å²) in [6, 6.07) is 0. The quantitative estimate of drug-likeness (QED) is 0.833. The molecule has 0 radical (unpaired) electrons. The monoisotopic (exact) mass is 263 g/mol. The van der Waals surface area contributed by atoms with Crippen LogP contribution in [0, 0.1) is 0 Å². The molecule has 0 unspecified atom stereocenters. The maximum atomic E-state index is 12.3. The van der Waals surface area contributed by atoms with Crippen molar-refractivity contribution in [2.75, 3.05) is 18.0 Å². The van der Waals surface area contributed by atoms with Crippen LogP contribution in [0.3, 0.4) is 0 Å². The number of aromatic nitrogens is 2. The van der Waals surface area contributed by atoms with Crippen LogP contribution in [0.1, 0.15) is 32.3 Å². The Hall–Kier alpha value is -1.78. The lowest BCUT2D eigenvalue weighted by molar-refractivity contribution is 0.746. The number of hydrogen-bond donors (Lipinski definition) is 1. The van der Waals surface area contributed by atoms with Crippen LogP contribution < -0.4 is 16.1 Å². The molecule has 0 spiro atoms. The third-order valence-electron chi connectivity index (χ3n) is 3.52. The molecule has 19 heavy (non-hydrogen) atoms. The first kappa shape index (κ1) is 13.6. The molecule has 1 N–H and O–H groups in total. The fourth-order valence-corrected chi connectivity index (χ4v) is 2.36. The number of allylic oxidation sites excluding steroid dienone is 2. The largest absolute Gasteiger partial charge is 0.358 e. The van der Waals surface area contributed by atoms with Gasteiger partial charge in [0.15, 0.2) is 0 Å². The zero-order valence-corrected chi connectivity index (χ0v) is 11.8. The zero-order chi connectivity index (χ0) is 14.0. The lowest BCUT2D eigenvalue weighted by Gasteiger charge is -2.20. The van der Waals surface area contributed by atoms with Crippen LogP contribution in [0.5, 0.6) is 0 Å². The zero-order valence-electron chi connectivity index (χ0n) is 11.8. The molecular formula is C14H21N3O2. The van der Waals surface area contributed by atoms with Gasteiger partial charge in [0, 0.05) is 20.1 Å². The highest BCUT2D eigenvalue weighted by Crippen LogP contribution is 2.19. The summed E-state index contributed by atoms with van der Waals surface area (Å²) in [6.45, 7) is 5.83. The van der Waals surface area contributed by atoms with Gasteiger partial charge >= 0.3 is 5.69 Å².